The lowest BCUT2D eigenvalue weighted by molar-refractivity contribution is 0.460. The Morgan fingerprint density at radius 1 is 1.10 bits per heavy atom. The van der Waals surface area contributed by atoms with Gasteiger partial charge in [-0.1, -0.05) is 17.7 Å². The molecule has 2 aromatic rings. The number of anilines is 1. The fraction of sp³-hybridized carbons (Fsp3) is 0.333. The summed E-state index contributed by atoms with van der Waals surface area (Å²) in [4.78, 5) is 10.7. The van der Waals surface area contributed by atoms with Gasteiger partial charge >= 0.3 is 0 Å². The Bertz CT molecular complexity index is 564. The summed E-state index contributed by atoms with van der Waals surface area (Å²) in [6.45, 7) is 5.94. The Labute approximate surface area is 118 Å². The smallest absolute Gasteiger partial charge is 0.224 e. The normalized spacial score (nSPS) is 15.2. The standard InChI is InChI=1S/C15H18N4O/c1-12-2-4-13(5-3-12)20-15-10-14(17-11-18-15)19-8-6-16-7-9-19/h2-5,10-11,16H,6-9H2,1H3. The summed E-state index contributed by atoms with van der Waals surface area (Å²) in [5, 5.41) is 3.33. The molecular formula is C15H18N4O. The monoisotopic (exact) mass is 270 g/mol. The first-order chi connectivity index (χ1) is 9.81. The van der Waals surface area contributed by atoms with Crippen LogP contribution in [0.3, 0.4) is 0 Å². The minimum absolute atomic E-state index is 0.581. The zero-order valence-electron chi connectivity index (χ0n) is 11.5. The molecule has 1 aromatic carbocycles. The number of hydrogen-bond donors (Lipinski definition) is 1. The van der Waals surface area contributed by atoms with E-state index in [-0.39, 0.29) is 0 Å². The first kappa shape index (κ1) is 12.9. The Kier molecular flexibility index (Phi) is 3.78. The van der Waals surface area contributed by atoms with Crippen molar-refractivity contribution in [3.8, 4) is 11.6 Å². The Morgan fingerprint density at radius 2 is 1.85 bits per heavy atom. The van der Waals surface area contributed by atoms with Gasteiger partial charge in [-0.2, -0.15) is 0 Å². The van der Waals surface area contributed by atoms with Crippen LogP contribution in [0.1, 0.15) is 5.56 Å². The van der Waals surface area contributed by atoms with Gasteiger partial charge in [-0.25, -0.2) is 9.97 Å². The minimum Gasteiger partial charge on any atom is -0.439 e. The van der Waals surface area contributed by atoms with Gasteiger partial charge in [0.15, 0.2) is 0 Å². The molecule has 5 nitrogen and oxygen atoms in total. The quantitative estimate of drug-likeness (QED) is 0.924. The highest BCUT2D eigenvalue weighted by Crippen LogP contribution is 2.22. The molecule has 1 aliphatic heterocycles. The van der Waals surface area contributed by atoms with Crippen molar-refractivity contribution >= 4 is 5.82 Å². The molecular weight excluding hydrogens is 252 g/mol. The topological polar surface area (TPSA) is 50.3 Å². The SMILES string of the molecule is Cc1ccc(Oc2cc(N3CCNCC3)ncn2)cc1. The van der Waals surface area contributed by atoms with E-state index in [9.17, 15) is 0 Å². The van der Waals surface area contributed by atoms with Crippen molar-refractivity contribution in [1.82, 2.24) is 15.3 Å². The van der Waals surface area contributed by atoms with Crippen LogP contribution >= 0.6 is 0 Å². The molecule has 0 spiro atoms. The molecule has 1 saturated heterocycles. The average Bonchev–Trinajstić information content (AvgIpc) is 2.51. The molecule has 0 radical (unpaired) electrons. The van der Waals surface area contributed by atoms with E-state index in [0.717, 1.165) is 37.7 Å². The molecule has 0 unspecified atom stereocenters. The molecule has 1 aliphatic rings. The summed E-state index contributed by atoms with van der Waals surface area (Å²) in [5.41, 5.74) is 1.21. The first-order valence-corrected chi connectivity index (χ1v) is 6.83. The molecule has 5 heteroatoms. The van der Waals surface area contributed by atoms with Gasteiger partial charge in [0, 0.05) is 32.2 Å². The molecule has 2 heterocycles. The van der Waals surface area contributed by atoms with E-state index in [2.05, 4.69) is 27.1 Å². The highest BCUT2D eigenvalue weighted by atomic mass is 16.5. The maximum atomic E-state index is 5.77. The van der Waals surface area contributed by atoms with Gasteiger partial charge in [0.25, 0.3) is 0 Å². The Balaban J connectivity index is 1.75. The number of benzene rings is 1. The number of rotatable bonds is 3. The van der Waals surface area contributed by atoms with E-state index in [0.29, 0.717) is 5.88 Å². The second kappa shape index (κ2) is 5.88. The predicted molar refractivity (Wildman–Crippen MR) is 78.4 cm³/mol. The van der Waals surface area contributed by atoms with Crippen LogP contribution in [-0.4, -0.2) is 36.1 Å². The fourth-order valence-electron chi connectivity index (χ4n) is 2.18. The zero-order chi connectivity index (χ0) is 13.8. The minimum atomic E-state index is 0.581. The zero-order valence-corrected chi connectivity index (χ0v) is 11.5. The van der Waals surface area contributed by atoms with Gasteiger partial charge in [-0.3, -0.25) is 0 Å². The molecule has 20 heavy (non-hydrogen) atoms. The van der Waals surface area contributed by atoms with Gasteiger partial charge < -0.3 is 15.0 Å². The number of nitrogens with one attached hydrogen (secondary N) is 1. The highest BCUT2D eigenvalue weighted by Gasteiger charge is 2.12. The van der Waals surface area contributed by atoms with Crippen LogP contribution < -0.4 is 15.0 Å². The molecule has 1 fully saturated rings. The van der Waals surface area contributed by atoms with Crippen molar-refractivity contribution in [3.05, 3.63) is 42.2 Å². The number of nitrogens with zero attached hydrogens (tertiary/aromatic N) is 3. The van der Waals surface area contributed by atoms with Crippen molar-refractivity contribution < 1.29 is 4.74 Å². The average molecular weight is 270 g/mol. The number of hydrogen-bond acceptors (Lipinski definition) is 5. The lowest BCUT2D eigenvalue weighted by Crippen LogP contribution is -2.43. The molecule has 0 aliphatic carbocycles. The maximum Gasteiger partial charge on any atom is 0.224 e. The third-order valence-electron chi connectivity index (χ3n) is 3.31. The van der Waals surface area contributed by atoms with Crippen molar-refractivity contribution in [2.24, 2.45) is 0 Å². The lowest BCUT2D eigenvalue weighted by atomic mass is 10.2. The molecule has 104 valence electrons. The second-order valence-corrected chi connectivity index (χ2v) is 4.87. The van der Waals surface area contributed by atoms with Crippen LogP contribution in [-0.2, 0) is 0 Å². The molecule has 0 bridgehead atoms. The van der Waals surface area contributed by atoms with Gasteiger partial charge in [-0.05, 0) is 19.1 Å². The third kappa shape index (κ3) is 3.05. The predicted octanol–water partition coefficient (Wildman–Crippen LogP) is 1.99. The maximum absolute atomic E-state index is 5.77. The molecule has 1 N–H and O–H groups in total. The van der Waals surface area contributed by atoms with Crippen LogP contribution in [0, 0.1) is 6.92 Å². The van der Waals surface area contributed by atoms with Crippen molar-refractivity contribution in [2.75, 3.05) is 31.1 Å². The van der Waals surface area contributed by atoms with E-state index in [1.54, 1.807) is 6.33 Å². The van der Waals surface area contributed by atoms with E-state index >= 15 is 0 Å². The molecule has 1 aromatic heterocycles. The summed E-state index contributed by atoms with van der Waals surface area (Å²) < 4.78 is 5.77. The van der Waals surface area contributed by atoms with Crippen LogP contribution in [0.5, 0.6) is 11.6 Å². The van der Waals surface area contributed by atoms with Crippen LogP contribution in [0.4, 0.5) is 5.82 Å². The van der Waals surface area contributed by atoms with Gasteiger partial charge in [0.05, 0.1) is 0 Å². The van der Waals surface area contributed by atoms with Crippen LogP contribution in [0.25, 0.3) is 0 Å². The van der Waals surface area contributed by atoms with E-state index < -0.39 is 0 Å². The molecule has 0 atom stereocenters. The largest absolute Gasteiger partial charge is 0.439 e. The second-order valence-electron chi connectivity index (χ2n) is 4.87. The number of aryl methyl sites for hydroxylation is 1. The summed E-state index contributed by atoms with van der Waals surface area (Å²) >= 11 is 0. The van der Waals surface area contributed by atoms with Gasteiger partial charge in [0.1, 0.15) is 17.9 Å². The number of aromatic nitrogens is 2. The van der Waals surface area contributed by atoms with Gasteiger partial charge in [0.2, 0.25) is 5.88 Å². The summed E-state index contributed by atoms with van der Waals surface area (Å²) in [6.07, 6.45) is 1.56. The van der Waals surface area contributed by atoms with Crippen LogP contribution in [0.15, 0.2) is 36.7 Å². The van der Waals surface area contributed by atoms with E-state index in [1.807, 2.05) is 30.3 Å². The summed E-state index contributed by atoms with van der Waals surface area (Å²) in [7, 11) is 0. The molecule has 0 amide bonds. The lowest BCUT2D eigenvalue weighted by Gasteiger charge is -2.28. The highest BCUT2D eigenvalue weighted by molar-refractivity contribution is 5.42. The Morgan fingerprint density at radius 3 is 2.60 bits per heavy atom. The number of piperazine rings is 1. The molecule has 0 saturated carbocycles. The fourth-order valence-corrected chi connectivity index (χ4v) is 2.18. The Hall–Kier alpha value is -2.14. The van der Waals surface area contributed by atoms with Crippen molar-refractivity contribution in [1.29, 1.82) is 0 Å². The van der Waals surface area contributed by atoms with E-state index in [1.165, 1.54) is 5.56 Å². The van der Waals surface area contributed by atoms with E-state index in [4.69, 9.17) is 4.74 Å². The van der Waals surface area contributed by atoms with Crippen LogP contribution in [0.2, 0.25) is 0 Å². The first-order valence-electron chi connectivity index (χ1n) is 6.83. The molecule has 3 rings (SSSR count). The van der Waals surface area contributed by atoms with Crippen molar-refractivity contribution in [2.45, 2.75) is 6.92 Å². The van der Waals surface area contributed by atoms with Crippen molar-refractivity contribution in [3.63, 3.8) is 0 Å². The third-order valence-corrected chi connectivity index (χ3v) is 3.31. The van der Waals surface area contributed by atoms with Gasteiger partial charge in [-0.15, -0.1) is 0 Å². The summed E-state index contributed by atoms with van der Waals surface area (Å²) in [5.74, 6) is 2.29. The summed E-state index contributed by atoms with van der Waals surface area (Å²) in [6, 6.07) is 9.83. The number of ether oxygens (including phenoxy) is 1.